The van der Waals surface area contributed by atoms with Crippen LogP contribution < -0.4 is 10.1 Å². The smallest absolute Gasteiger partial charge is 0.337 e. The molecule has 1 aromatic heterocycles. The van der Waals surface area contributed by atoms with Crippen LogP contribution in [0.3, 0.4) is 0 Å². The van der Waals surface area contributed by atoms with Crippen LogP contribution in [-0.4, -0.2) is 24.1 Å². The summed E-state index contributed by atoms with van der Waals surface area (Å²) in [6, 6.07) is 6.28. The molecule has 0 aliphatic rings. The number of methoxy groups -OCH3 is 1. The number of rotatable bonds is 4. The molecule has 0 saturated heterocycles. The first-order chi connectivity index (χ1) is 9.52. The molecule has 0 unspecified atom stereocenters. The van der Waals surface area contributed by atoms with Crippen LogP contribution in [0, 0.1) is 0 Å². The minimum Gasteiger partial charge on any atom is -0.496 e. The van der Waals surface area contributed by atoms with Gasteiger partial charge in [0, 0.05) is 15.9 Å². The number of thiophene rings is 1. The third-order valence-corrected chi connectivity index (χ3v) is 4.09. The highest BCUT2D eigenvalue weighted by atomic mass is 79.9. The molecule has 0 spiro atoms. The van der Waals surface area contributed by atoms with E-state index < -0.39 is 5.97 Å². The molecule has 5 nitrogen and oxygen atoms in total. The maximum absolute atomic E-state index is 12.1. The standard InChI is InChI=1S/C13H10BrNO4S/c1-19-7-5-10(20-6-7)12(16)15-11-8(13(17)18)3-2-4-9(11)14/h2-6H,1H3,(H,15,16)(H,17,18). The summed E-state index contributed by atoms with van der Waals surface area (Å²) in [6.45, 7) is 0. The fourth-order valence-electron chi connectivity index (χ4n) is 1.55. The maximum Gasteiger partial charge on any atom is 0.337 e. The Morgan fingerprint density at radius 2 is 2.15 bits per heavy atom. The first-order valence-electron chi connectivity index (χ1n) is 5.48. The molecule has 1 heterocycles. The second kappa shape index (κ2) is 6.06. The van der Waals surface area contributed by atoms with Crippen molar-refractivity contribution in [3.8, 4) is 5.75 Å². The molecular weight excluding hydrogens is 346 g/mol. The normalized spacial score (nSPS) is 10.1. The van der Waals surface area contributed by atoms with Crippen LogP contribution in [0.2, 0.25) is 0 Å². The molecule has 0 bridgehead atoms. The number of carbonyl (C=O) groups is 2. The van der Waals surface area contributed by atoms with Gasteiger partial charge in [0.2, 0.25) is 0 Å². The van der Waals surface area contributed by atoms with Crippen molar-refractivity contribution in [2.75, 3.05) is 12.4 Å². The Hall–Kier alpha value is -1.86. The van der Waals surface area contributed by atoms with E-state index in [0.717, 1.165) is 0 Å². The van der Waals surface area contributed by atoms with Crippen molar-refractivity contribution in [2.24, 2.45) is 0 Å². The largest absolute Gasteiger partial charge is 0.496 e. The number of carboxylic acid groups (broad SMARTS) is 1. The van der Waals surface area contributed by atoms with Crippen molar-refractivity contribution in [3.05, 3.63) is 44.6 Å². The third-order valence-electron chi connectivity index (χ3n) is 2.52. The van der Waals surface area contributed by atoms with Gasteiger partial charge in [-0.2, -0.15) is 0 Å². The Morgan fingerprint density at radius 1 is 1.40 bits per heavy atom. The zero-order chi connectivity index (χ0) is 14.7. The van der Waals surface area contributed by atoms with Gasteiger partial charge < -0.3 is 15.2 Å². The van der Waals surface area contributed by atoms with Gasteiger partial charge >= 0.3 is 5.97 Å². The maximum atomic E-state index is 12.1. The summed E-state index contributed by atoms with van der Waals surface area (Å²) >= 11 is 4.46. The molecule has 7 heteroatoms. The number of aromatic carboxylic acids is 1. The van der Waals surface area contributed by atoms with E-state index in [2.05, 4.69) is 21.2 Å². The van der Waals surface area contributed by atoms with Crippen LogP contribution in [0.4, 0.5) is 5.69 Å². The van der Waals surface area contributed by atoms with Crippen molar-refractivity contribution in [3.63, 3.8) is 0 Å². The number of carboxylic acids is 1. The van der Waals surface area contributed by atoms with Gasteiger partial charge in [0.25, 0.3) is 5.91 Å². The summed E-state index contributed by atoms with van der Waals surface area (Å²) in [4.78, 5) is 23.7. The number of halogens is 1. The van der Waals surface area contributed by atoms with Gasteiger partial charge in [0.05, 0.1) is 23.2 Å². The molecule has 0 aliphatic heterocycles. The summed E-state index contributed by atoms with van der Waals surface area (Å²) in [7, 11) is 1.51. The Kier molecular flexibility index (Phi) is 4.41. The lowest BCUT2D eigenvalue weighted by molar-refractivity contribution is 0.0698. The monoisotopic (exact) mass is 355 g/mol. The van der Waals surface area contributed by atoms with Crippen molar-refractivity contribution < 1.29 is 19.4 Å². The van der Waals surface area contributed by atoms with E-state index in [1.165, 1.54) is 24.5 Å². The predicted octanol–water partition coefficient (Wildman–Crippen LogP) is 3.47. The lowest BCUT2D eigenvalue weighted by atomic mass is 10.2. The van der Waals surface area contributed by atoms with E-state index in [9.17, 15) is 9.59 Å². The van der Waals surface area contributed by atoms with Gasteiger partial charge in [-0.3, -0.25) is 4.79 Å². The second-order valence-corrected chi connectivity index (χ2v) is 5.54. The van der Waals surface area contributed by atoms with Crippen LogP contribution in [-0.2, 0) is 0 Å². The fourth-order valence-corrected chi connectivity index (χ4v) is 2.76. The van der Waals surface area contributed by atoms with E-state index in [0.29, 0.717) is 15.1 Å². The fraction of sp³-hybridized carbons (Fsp3) is 0.0769. The van der Waals surface area contributed by atoms with Gasteiger partial charge in [-0.1, -0.05) is 6.07 Å². The number of ether oxygens (including phenoxy) is 1. The number of anilines is 1. The minimum atomic E-state index is -1.11. The van der Waals surface area contributed by atoms with Gasteiger partial charge in [-0.15, -0.1) is 11.3 Å². The Balaban J connectivity index is 2.30. The minimum absolute atomic E-state index is 0.0243. The van der Waals surface area contributed by atoms with E-state index in [1.807, 2.05) is 0 Å². The van der Waals surface area contributed by atoms with Crippen LogP contribution >= 0.6 is 27.3 Å². The van der Waals surface area contributed by atoms with Crippen LogP contribution in [0.1, 0.15) is 20.0 Å². The van der Waals surface area contributed by atoms with Crippen molar-refractivity contribution in [1.29, 1.82) is 0 Å². The number of amides is 1. The molecule has 0 fully saturated rings. The van der Waals surface area contributed by atoms with Gasteiger partial charge in [0.15, 0.2) is 0 Å². The van der Waals surface area contributed by atoms with E-state index >= 15 is 0 Å². The quantitative estimate of drug-likeness (QED) is 0.880. The number of nitrogens with one attached hydrogen (secondary N) is 1. The number of para-hydroxylation sites is 1. The number of carbonyl (C=O) groups excluding carboxylic acids is 1. The molecule has 2 rings (SSSR count). The second-order valence-electron chi connectivity index (χ2n) is 3.77. The molecule has 20 heavy (non-hydrogen) atoms. The van der Waals surface area contributed by atoms with Crippen molar-refractivity contribution in [1.82, 2.24) is 0 Å². The molecule has 104 valence electrons. The van der Waals surface area contributed by atoms with E-state index in [1.54, 1.807) is 23.6 Å². The van der Waals surface area contributed by atoms with Gasteiger partial charge in [-0.25, -0.2) is 4.79 Å². The summed E-state index contributed by atoms with van der Waals surface area (Å²) in [5.41, 5.74) is 0.258. The molecule has 2 N–H and O–H groups in total. The highest BCUT2D eigenvalue weighted by Crippen LogP contribution is 2.28. The average Bonchev–Trinajstić information content (AvgIpc) is 2.89. The van der Waals surface area contributed by atoms with Crippen molar-refractivity contribution >= 4 is 44.8 Å². The Morgan fingerprint density at radius 3 is 2.75 bits per heavy atom. The average molecular weight is 356 g/mol. The number of benzene rings is 1. The first-order valence-corrected chi connectivity index (χ1v) is 7.16. The molecule has 0 aliphatic carbocycles. The molecule has 1 aromatic carbocycles. The molecular formula is C13H10BrNO4S. The van der Waals surface area contributed by atoms with Crippen LogP contribution in [0.15, 0.2) is 34.1 Å². The molecule has 0 atom stereocenters. The van der Waals surface area contributed by atoms with Gasteiger partial charge in [-0.05, 0) is 28.1 Å². The Bertz CT molecular complexity index is 668. The topological polar surface area (TPSA) is 75.6 Å². The summed E-state index contributed by atoms with van der Waals surface area (Å²) in [5.74, 6) is -0.899. The molecule has 1 amide bonds. The summed E-state index contributed by atoms with van der Waals surface area (Å²) in [6.07, 6.45) is 0. The highest BCUT2D eigenvalue weighted by Gasteiger charge is 2.17. The van der Waals surface area contributed by atoms with Crippen LogP contribution in [0.5, 0.6) is 5.75 Å². The SMILES string of the molecule is COc1csc(C(=O)Nc2c(Br)cccc2C(=O)O)c1. The highest BCUT2D eigenvalue weighted by molar-refractivity contribution is 9.10. The number of hydrogen-bond acceptors (Lipinski definition) is 4. The molecule has 0 saturated carbocycles. The van der Waals surface area contributed by atoms with E-state index in [4.69, 9.17) is 9.84 Å². The zero-order valence-electron chi connectivity index (χ0n) is 10.3. The van der Waals surface area contributed by atoms with E-state index in [-0.39, 0.29) is 17.2 Å². The predicted molar refractivity (Wildman–Crippen MR) is 79.9 cm³/mol. The molecule has 2 aromatic rings. The van der Waals surface area contributed by atoms with Crippen molar-refractivity contribution in [2.45, 2.75) is 0 Å². The lowest BCUT2D eigenvalue weighted by Gasteiger charge is -2.09. The van der Waals surface area contributed by atoms with Gasteiger partial charge in [0.1, 0.15) is 5.75 Å². The molecule has 0 radical (unpaired) electrons. The Labute approximate surface area is 127 Å². The van der Waals surface area contributed by atoms with Crippen LogP contribution in [0.25, 0.3) is 0 Å². The summed E-state index contributed by atoms with van der Waals surface area (Å²) < 4.78 is 5.52. The third kappa shape index (κ3) is 3.00. The first kappa shape index (κ1) is 14.5. The lowest BCUT2D eigenvalue weighted by Crippen LogP contribution is -2.14. The number of hydrogen-bond donors (Lipinski definition) is 2. The summed E-state index contributed by atoms with van der Waals surface area (Å²) in [5, 5.41) is 13.4. The zero-order valence-corrected chi connectivity index (χ0v) is 12.7.